The van der Waals surface area contributed by atoms with Crippen LogP contribution >= 0.6 is 0 Å². The van der Waals surface area contributed by atoms with Crippen LogP contribution in [0, 0.1) is 0 Å². The SMILES string of the molecule is CC(C)c1ncc(C(=O)O)cc1O. The van der Waals surface area contributed by atoms with E-state index < -0.39 is 5.97 Å². The van der Waals surface area contributed by atoms with E-state index in [0.29, 0.717) is 5.69 Å². The zero-order valence-electron chi connectivity index (χ0n) is 7.48. The molecule has 0 saturated heterocycles. The fourth-order valence-corrected chi connectivity index (χ4v) is 1.03. The summed E-state index contributed by atoms with van der Waals surface area (Å²) in [6.07, 6.45) is 1.25. The molecule has 0 atom stereocenters. The molecule has 4 nitrogen and oxygen atoms in total. The molecule has 0 bridgehead atoms. The maximum atomic E-state index is 10.5. The van der Waals surface area contributed by atoms with Crippen LogP contribution in [0.1, 0.15) is 35.8 Å². The largest absolute Gasteiger partial charge is 0.506 e. The molecule has 13 heavy (non-hydrogen) atoms. The van der Waals surface area contributed by atoms with Gasteiger partial charge in [0.1, 0.15) is 5.75 Å². The Morgan fingerprint density at radius 1 is 1.54 bits per heavy atom. The molecule has 4 heteroatoms. The number of hydrogen-bond donors (Lipinski definition) is 2. The number of pyridine rings is 1. The number of aromatic nitrogens is 1. The lowest BCUT2D eigenvalue weighted by Crippen LogP contribution is -2.00. The number of rotatable bonds is 2. The highest BCUT2D eigenvalue weighted by Crippen LogP contribution is 2.23. The molecule has 0 aromatic carbocycles. The number of aromatic carboxylic acids is 1. The molecule has 1 aromatic rings. The van der Waals surface area contributed by atoms with Crippen LogP contribution in [0.15, 0.2) is 12.3 Å². The van der Waals surface area contributed by atoms with Gasteiger partial charge in [-0.25, -0.2) is 4.79 Å². The van der Waals surface area contributed by atoms with Crippen molar-refractivity contribution in [3.05, 3.63) is 23.5 Å². The van der Waals surface area contributed by atoms with Crippen molar-refractivity contribution < 1.29 is 15.0 Å². The third-order valence-electron chi connectivity index (χ3n) is 1.69. The van der Waals surface area contributed by atoms with Gasteiger partial charge in [-0.1, -0.05) is 13.8 Å². The molecule has 0 amide bonds. The smallest absolute Gasteiger partial charge is 0.337 e. The van der Waals surface area contributed by atoms with E-state index in [1.807, 2.05) is 13.8 Å². The summed E-state index contributed by atoms with van der Waals surface area (Å²) in [4.78, 5) is 14.4. The molecular formula is C9H11NO3. The zero-order chi connectivity index (χ0) is 10.0. The Labute approximate surface area is 75.9 Å². The highest BCUT2D eigenvalue weighted by Gasteiger charge is 2.11. The predicted octanol–water partition coefficient (Wildman–Crippen LogP) is 1.61. The second-order valence-corrected chi connectivity index (χ2v) is 3.09. The van der Waals surface area contributed by atoms with Crippen molar-refractivity contribution in [2.24, 2.45) is 0 Å². The van der Waals surface area contributed by atoms with Gasteiger partial charge in [0.15, 0.2) is 0 Å². The van der Waals surface area contributed by atoms with Crippen LogP contribution < -0.4 is 0 Å². The van der Waals surface area contributed by atoms with Crippen LogP contribution in [0.4, 0.5) is 0 Å². The van der Waals surface area contributed by atoms with Crippen molar-refractivity contribution in [1.29, 1.82) is 0 Å². The fourth-order valence-electron chi connectivity index (χ4n) is 1.03. The van der Waals surface area contributed by atoms with Crippen LogP contribution in [-0.2, 0) is 0 Å². The van der Waals surface area contributed by atoms with E-state index in [1.165, 1.54) is 12.3 Å². The van der Waals surface area contributed by atoms with Crippen molar-refractivity contribution in [1.82, 2.24) is 4.98 Å². The first-order valence-corrected chi connectivity index (χ1v) is 3.94. The molecule has 70 valence electrons. The molecule has 0 radical (unpaired) electrons. The second-order valence-electron chi connectivity index (χ2n) is 3.09. The number of nitrogens with zero attached hydrogens (tertiary/aromatic N) is 1. The van der Waals surface area contributed by atoms with E-state index >= 15 is 0 Å². The monoisotopic (exact) mass is 181 g/mol. The van der Waals surface area contributed by atoms with Gasteiger partial charge in [-0.05, 0) is 12.0 Å². The third kappa shape index (κ3) is 1.96. The molecule has 0 aliphatic carbocycles. The summed E-state index contributed by atoms with van der Waals surface area (Å²) >= 11 is 0. The van der Waals surface area contributed by atoms with Crippen LogP contribution in [0.3, 0.4) is 0 Å². The Morgan fingerprint density at radius 2 is 2.15 bits per heavy atom. The lowest BCUT2D eigenvalue weighted by atomic mass is 10.1. The molecule has 0 aliphatic rings. The van der Waals surface area contributed by atoms with Gasteiger partial charge in [0.2, 0.25) is 0 Å². The molecule has 0 saturated carbocycles. The summed E-state index contributed by atoms with van der Waals surface area (Å²) in [6, 6.07) is 1.21. The number of carboxylic acids is 1. The number of aromatic hydroxyl groups is 1. The summed E-state index contributed by atoms with van der Waals surface area (Å²) < 4.78 is 0. The predicted molar refractivity (Wildman–Crippen MR) is 47.0 cm³/mol. The normalized spacial score (nSPS) is 10.4. The number of carboxylic acid groups (broad SMARTS) is 1. The van der Waals surface area contributed by atoms with Gasteiger partial charge in [0.25, 0.3) is 0 Å². The molecule has 1 aromatic heterocycles. The van der Waals surface area contributed by atoms with E-state index in [1.54, 1.807) is 0 Å². The van der Waals surface area contributed by atoms with E-state index in [-0.39, 0.29) is 17.2 Å². The maximum Gasteiger partial charge on any atom is 0.337 e. The van der Waals surface area contributed by atoms with Crippen LogP contribution in [-0.4, -0.2) is 21.2 Å². The molecule has 0 aliphatic heterocycles. The molecule has 0 spiro atoms. The maximum absolute atomic E-state index is 10.5. The third-order valence-corrected chi connectivity index (χ3v) is 1.69. The van der Waals surface area contributed by atoms with E-state index in [4.69, 9.17) is 5.11 Å². The summed E-state index contributed by atoms with van der Waals surface area (Å²) in [7, 11) is 0. The molecular weight excluding hydrogens is 170 g/mol. The Kier molecular flexibility index (Phi) is 2.51. The van der Waals surface area contributed by atoms with Crippen molar-refractivity contribution >= 4 is 5.97 Å². The highest BCUT2D eigenvalue weighted by atomic mass is 16.4. The lowest BCUT2D eigenvalue weighted by molar-refractivity contribution is 0.0696. The molecule has 1 heterocycles. The molecule has 0 fully saturated rings. The minimum Gasteiger partial charge on any atom is -0.506 e. The van der Waals surface area contributed by atoms with Gasteiger partial charge in [0, 0.05) is 6.20 Å². The average Bonchev–Trinajstić information content (AvgIpc) is 2.03. The summed E-state index contributed by atoms with van der Waals surface area (Å²) in [5, 5.41) is 18.0. The van der Waals surface area contributed by atoms with Gasteiger partial charge in [-0.15, -0.1) is 0 Å². The average molecular weight is 181 g/mol. The minimum absolute atomic E-state index is 0.00176. The van der Waals surface area contributed by atoms with Gasteiger partial charge in [-0.2, -0.15) is 0 Å². The quantitative estimate of drug-likeness (QED) is 0.727. The Bertz CT molecular complexity index is 334. The van der Waals surface area contributed by atoms with Crippen molar-refractivity contribution in [2.75, 3.05) is 0 Å². The Balaban J connectivity index is 3.13. The van der Waals surface area contributed by atoms with E-state index in [9.17, 15) is 9.90 Å². The van der Waals surface area contributed by atoms with Gasteiger partial charge >= 0.3 is 5.97 Å². The lowest BCUT2D eigenvalue weighted by Gasteiger charge is -2.06. The first-order valence-electron chi connectivity index (χ1n) is 3.94. The molecule has 1 rings (SSSR count). The number of hydrogen-bond acceptors (Lipinski definition) is 3. The van der Waals surface area contributed by atoms with Gasteiger partial charge in [-0.3, -0.25) is 4.98 Å². The van der Waals surface area contributed by atoms with Crippen molar-refractivity contribution in [2.45, 2.75) is 19.8 Å². The van der Waals surface area contributed by atoms with E-state index in [2.05, 4.69) is 4.98 Å². The minimum atomic E-state index is -1.09. The first-order chi connectivity index (χ1) is 6.02. The van der Waals surface area contributed by atoms with Crippen molar-refractivity contribution in [3.63, 3.8) is 0 Å². The topological polar surface area (TPSA) is 70.4 Å². The van der Waals surface area contributed by atoms with E-state index in [0.717, 1.165) is 0 Å². The van der Waals surface area contributed by atoms with Crippen LogP contribution in [0.25, 0.3) is 0 Å². The Morgan fingerprint density at radius 3 is 2.54 bits per heavy atom. The van der Waals surface area contributed by atoms with Crippen LogP contribution in [0.5, 0.6) is 5.75 Å². The van der Waals surface area contributed by atoms with Crippen LogP contribution in [0.2, 0.25) is 0 Å². The number of carbonyl (C=O) groups is 1. The second kappa shape index (κ2) is 3.43. The zero-order valence-corrected chi connectivity index (χ0v) is 7.48. The summed E-state index contributed by atoms with van der Waals surface area (Å²) in [5.41, 5.74) is 0.520. The Hall–Kier alpha value is -1.58. The standard InChI is InChI=1S/C9H11NO3/c1-5(2)8-7(11)3-6(4-10-8)9(12)13/h3-5,11H,1-2H3,(H,12,13). The van der Waals surface area contributed by atoms with Gasteiger partial charge < -0.3 is 10.2 Å². The summed E-state index contributed by atoms with van der Waals surface area (Å²) in [5.74, 6) is -1.06. The molecule has 0 unspecified atom stereocenters. The van der Waals surface area contributed by atoms with Crippen molar-refractivity contribution in [3.8, 4) is 5.75 Å². The summed E-state index contributed by atoms with van der Waals surface area (Å²) in [6.45, 7) is 3.75. The fraction of sp³-hybridized carbons (Fsp3) is 0.333. The first kappa shape index (κ1) is 9.51. The van der Waals surface area contributed by atoms with Gasteiger partial charge in [0.05, 0.1) is 11.3 Å². The highest BCUT2D eigenvalue weighted by molar-refractivity contribution is 5.87. The molecule has 2 N–H and O–H groups in total.